The van der Waals surface area contributed by atoms with Crippen molar-refractivity contribution in [3.63, 3.8) is 0 Å². The molecule has 21 heavy (non-hydrogen) atoms. The van der Waals surface area contributed by atoms with Crippen LogP contribution in [0.15, 0.2) is 18.2 Å². The fourth-order valence-corrected chi connectivity index (χ4v) is 2.35. The molecule has 6 heteroatoms. The van der Waals surface area contributed by atoms with Gasteiger partial charge in [0, 0.05) is 19.2 Å². The fourth-order valence-electron chi connectivity index (χ4n) is 2.35. The molecule has 1 heterocycles. The Morgan fingerprint density at radius 2 is 1.76 bits per heavy atom. The summed E-state index contributed by atoms with van der Waals surface area (Å²) < 4.78 is 26.2. The zero-order chi connectivity index (χ0) is 15.2. The summed E-state index contributed by atoms with van der Waals surface area (Å²) in [5.41, 5.74) is -0.120. The van der Waals surface area contributed by atoms with Crippen LogP contribution in [0, 0.1) is 11.6 Å². The molecule has 4 nitrogen and oxygen atoms in total. The molecule has 2 amide bonds. The Hall–Kier alpha value is -1.98. The molecule has 0 aromatic heterocycles. The predicted octanol–water partition coefficient (Wildman–Crippen LogP) is 2.70. The normalized spacial score (nSPS) is 15.4. The largest absolute Gasteiger partial charge is 0.342 e. The van der Waals surface area contributed by atoms with E-state index in [0.717, 1.165) is 37.8 Å². The van der Waals surface area contributed by atoms with Crippen LogP contribution in [-0.4, -0.2) is 29.8 Å². The first-order chi connectivity index (χ1) is 10.1. The average molecular weight is 296 g/mol. The summed E-state index contributed by atoms with van der Waals surface area (Å²) in [5.74, 6) is -2.41. The summed E-state index contributed by atoms with van der Waals surface area (Å²) in [5, 5.41) is 2.29. The maximum absolute atomic E-state index is 13.4. The smallest absolute Gasteiger partial charge is 0.233 e. The highest BCUT2D eigenvalue weighted by molar-refractivity contribution is 6.03. The number of likely N-dealkylation sites (tertiary alicyclic amines) is 1. The maximum Gasteiger partial charge on any atom is 0.233 e. The number of benzene rings is 1. The lowest BCUT2D eigenvalue weighted by Crippen LogP contribution is -2.34. The van der Waals surface area contributed by atoms with Gasteiger partial charge in [-0.2, -0.15) is 0 Å². The molecule has 1 fully saturated rings. The van der Waals surface area contributed by atoms with Crippen molar-refractivity contribution >= 4 is 17.5 Å². The fraction of sp³-hybridized carbons (Fsp3) is 0.467. The summed E-state index contributed by atoms with van der Waals surface area (Å²) in [6.07, 6.45) is 3.75. The van der Waals surface area contributed by atoms with Gasteiger partial charge in [-0.05, 0) is 25.0 Å². The molecule has 0 bridgehead atoms. The summed E-state index contributed by atoms with van der Waals surface area (Å²) in [4.78, 5) is 25.4. The SMILES string of the molecule is O=C(CC(=O)N1CCCCCC1)Nc1ccc(F)cc1F. The highest BCUT2D eigenvalue weighted by atomic mass is 19.1. The van der Waals surface area contributed by atoms with E-state index in [1.165, 1.54) is 0 Å². The molecule has 2 rings (SSSR count). The first-order valence-corrected chi connectivity index (χ1v) is 7.09. The van der Waals surface area contributed by atoms with Gasteiger partial charge in [0.05, 0.1) is 5.69 Å². The van der Waals surface area contributed by atoms with Crippen molar-refractivity contribution < 1.29 is 18.4 Å². The molecule has 1 aromatic rings. The second-order valence-corrected chi connectivity index (χ2v) is 5.14. The number of hydrogen-bond donors (Lipinski definition) is 1. The molecule has 114 valence electrons. The Labute approximate surface area is 122 Å². The van der Waals surface area contributed by atoms with Gasteiger partial charge in [0.15, 0.2) is 0 Å². The quantitative estimate of drug-likeness (QED) is 0.872. The molecule has 1 aromatic carbocycles. The molecular formula is C15H18F2N2O2. The van der Waals surface area contributed by atoms with E-state index in [1.807, 2.05) is 0 Å². The Morgan fingerprint density at radius 3 is 2.38 bits per heavy atom. The summed E-state index contributed by atoms with van der Waals surface area (Å²) >= 11 is 0. The van der Waals surface area contributed by atoms with Gasteiger partial charge in [0.1, 0.15) is 18.1 Å². The van der Waals surface area contributed by atoms with E-state index in [0.29, 0.717) is 19.2 Å². The van der Waals surface area contributed by atoms with Crippen molar-refractivity contribution in [1.29, 1.82) is 0 Å². The van der Waals surface area contributed by atoms with Crippen LogP contribution in [0.4, 0.5) is 14.5 Å². The van der Waals surface area contributed by atoms with Gasteiger partial charge < -0.3 is 10.2 Å². The number of nitrogens with zero attached hydrogens (tertiary/aromatic N) is 1. The third-order valence-electron chi connectivity index (χ3n) is 3.48. The first kappa shape index (κ1) is 15.4. The molecule has 0 radical (unpaired) electrons. The van der Waals surface area contributed by atoms with Crippen LogP contribution in [-0.2, 0) is 9.59 Å². The van der Waals surface area contributed by atoms with Crippen LogP contribution >= 0.6 is 0 Å². The molecule has 0 aliphatic carbocycles. The number of anilines is 1. The van der Waals surface area contributed by atoms with Crippen LogP contribution in [0.2, 0.25) is 0 Å². The monoisotopic (exact) mass is 296 g/mol. The minimum absolute atomic E-state index is 0.120. The summed E-state index contributed by atoms with van der Waals surface area (Å²) in [6, 6.07) is 2.88. The van der Waals surface area contributed by atoms with E-state index in [4.69, 9.17) is 0 Å². The van der Waals surface area contributed by atoms with E-state index in [9.17, 15) is 18.4 Å². The van der Waals surface area contributed by atoms with Crippen molar-refractivity contribution in [3.8, 4) is 0 Å². The Morgan fingerprint density at radius 1 is 1.10 bits per heavy atom. The Kier molecular flexibility index (Phi) is 5.25. The summed E-state index contributed by atoms with van der Waals surface area (Å²) in [7, 11) is 0. The van der Waals surface area contributed by atoms with E-state index in [1.54, 1.807) is 4.90 Å². The number of nitrogens with one attached hydrogen (secondary N) is 1. The molecule has 1 aliphatic rings. The minimum Gasteiger partial charge on any atom is -0.342 e. The zero-order valence-electron chi connectivity index (χ0n) is 11.7. The summed E-state index contributed by atoms with van der Waals surface area (Å²) in [6.45, 7) is 1.33. The molecule has 1 aliphatic heterocycles. The number of amides is 2. The van der Waals surface area contributed by atoms with E-state index in [-0.39, 0.29) is 18.0 Å². The van der Waals surface area contributed by atoms with E-state index in [2.05, 4.69) is 5.32 Å². The average Bonchev–Trinajstić information content (AvgIpc) is 2.71. The van der Waals surface area contributed by atoms with Crippen LogP contribution in [0.1, 0.15) is 32.1 Å². The molecule has 1 saturated heterocycles. The number of hydrogen-bond acceptors (Lipinski definition) is 2. The molecule has 0 unspecified atom stereocenters. The van der Waals surface area contributed by atoms with Gasteiger partial charge in [-0.15, -0.1) is 0 Å². The number of halogens is 2. The Bertz CT molecular complexity index is 526. The lowest BCUT2D eigenvalue weighted by atomic mass is 10.2. The number of rotatable bonds is 3. The molecular weight excluding hydrogens is 278 g/mol. The lowest BCUT2D eigenvalue weighted by molar-refractivity contribution is -0.134. The Balaban J connectivity index is 1.90. The topological polar surface area (TPSA) is 49.4 Å². The van der Waals surface area contributed by atoms with Gasteiger partial charge in [-0.3, -0.25) is 9.59 Å². The van der Waals surface area contributed by atoms with Crippen molar-refractivity contribution in [3.05, 3.63) is 29.8 Å². The van der Waals surface area contributed by atoms with Crippen LogP contribution in [0.3, 0.4) is 0 Å². The second-order valence-electron chi connectivity index (χ2n) is 5.14. The first-order valence-electron chi connectivity index (χ1n) is 7.09. The van der Waals surface area contributed by atoms with Gasteiger partial charge >= 0.3 is 0 Å². The van der Waals surface area contributed by atoms with Crippen molar-refractivity contribution in [1.82, 2.24) is 4.90 Å². The molecule has 0 spiro atoms. The predicted molar refractivity (Wildman–Crippen MR) is 74.7 cm³/mol. The maximum atomic E-state index is 13.4. The van der Waals surface area contributed by atoms with Gasteiger partial charge in [0.25, 0.3) is 0 Å². The van der Waals surface area contributed by atoms with Crippen molar-refractivity contribution in [2.24, 2.45) is 0 Å². The van der Waals surface area contributed by atoms with Crippen LogP contribution < -0.4 is 5.32 Å². The zero-order valence-corrected chi connectivity index (χ0v) is 11.7. The highest BCUT2D eigenvalue weighted by Gasteiger charge is 2.19. The van der Waals surface area contributed by atoms with Crippen LogP contribution in [0.25, 0.3) is 0 Å². The van der Waals surface area contributed by atoms with Gasteiger partial charge in [-0.1, -0.05) is 12.8 Å². The number of carbonyl (C=O) groups is 2. The molecule has 0 atom stereocenters. The van der Waals surface area contributed by atoms with Crippen molar-refractivity contribution in [2.45, 2.75) is 32.1 Å². The third-order valence-corrected chi connectivity index (χ3v) is 3.48. The number of carbonyl (C=O) groups excluding carboxylic acids is 2. The lowest BCUT2D eigenvalue weighted by Gasteiger charge is -2.20. The van der Waals surface area contributed by atoms with Gasteiger partial charge in [0.2, 0.25) is 11.8 Å². The molecule has 0 saturated carbocycles. The van der Waals surface area contributed by atoms with Gasteiger partial charge in [-0.25, -0.2) is 8.78 Å². The van der Waals surface area contributed by atoms with E-state index < -0.39 is 17.5 Å². The minimum atomic E-state index is -0.856. The standard InChI is InChI=1S/C15H18F2N2O2/c16-11-5-6-13(12(17)9-11)18-14(20)10-15(21)19-7-3-1-2-4-8-19/h5-6,9H,1-4,7-8,10H2,(H,18,20). The third kappa shape index (κ3) is 4.51. The second kappa shape index (κ2) is 7.15. The van der Waals surface area contributed by atoms with E-state index >= 15 is 0 Å². The van der Waals surface area contributed by atoms with Crippen LogP contribution in [0.5, 0.6) is 0 Å². The van der Waals surface area contributed by atoms with Crippen molar-refractivity contribution in [2.75, 3.05) is 18.4 Å². The highest BCUT2D eigenvalue weighted by Crippen LogP contribution is 2.16. The molecule has 1 N–H and O–H groups in total.